The minimum Gasteiger partial charge on any atom is -0.370 e. The zero-order valence-electron chi connectivity index (χ0n) is 16.3. The second kappa shape index (κ2) is 10.7. The van der Waals surface area contributed by atoms with Gasteiger partial charge in [-0.2, -0.15) is 0 Å². The van der Waals surface area contributed by atoms with E-state index in [0.29, 0.717) is 11.1 Å². The Morgan fingerprint density at radius 2 is 1.60 bits per heavy atom. The quantitative estimate of drug-likeness (QED) is 0.554. The molecule has 0 aromatic rings. The van der Waals surface area contributed by atoms with Gasteiger partial charge >= 0.3 is 0 Å². The van der Waals surface area contributed by atoms with E-state index in [9.17, 15) is 9.59 Å². The molecule has 25 heavy (non-hydrogen) atoms. The number of amides is 1. The SMILES string of the molecule is C/C=C(\C(=C/CC)NC(=O)/C(C)=C/C=C(\C)C(C)=O)N1CCCCC1. The molecule has 1 aliphatic rings. The fourth-order valence-corrected chi connectivity index (χ4v) is 2.73. The van der Waals surface area contributed by atoms with Gasteiger partial charge in [0.25, 0.3) is 5.91 Å². The minimum atomic E-state index is -0.135. The van der Waals surface area contributed by atoms with Crippen LogP contribution in [0.3, 0.4) is 0 Å². The van der Waals surface area contributed by atoms with Crippen molar-refractivity contribution in [2.24, 2.45) is 0 Å². The molecule has 0 aromatic carbocycles. The van der Waals surface area contributed by atoms with Crippen LogP contribution in [0.1, 0.15) is 60.3 Å². The van der Waals surface area contributed by atoms with Gasteiger partial charge in [-0.05, 0) is 59.0 Å². The summed E-state index contributed by atoms with van der Waals surface area (Å²) in [7, 11) is 0. The van der Waals surface area contributed by atoms with Crippen molar-refractivity contribution < 1.29 is 9.59 Å². The van der Waals surface area contributed by atoms with Crippen LogP contribution in [0.15, 0.2) is 46.8 Å². The smallest absolute Gasteiger partial charge is 0.251 e. The lowest BCUT2D eigenvalue weighted by Crippen LogP contribution is -2.35. The number of piperidine rings is 1. The van der Waals surface area contributed by atoms with Crippen molar-refractivity contribution >= 4 is 11.7 Å². The Morgan fingerprint density at radius 1 is 1.00 bits per heavy atom. The number of Topliss-reactive ketones (excluding diaryl/α,β-unsaturated/α-hetero) is 1. The Balaban J connectivity index is 2.91. The number of hydrogen-bond donors (Lipinski definition) is 1. The van der Waals surface area contributed by atoms with Gasteiger partial charge in [-0.1, -0.05) is 31.2 Å². The van der Waals surface area contributed by atoms with E-state index in [1.807, 2.05) is 6.92 Å². The molecule has 1 aliphatic heterocycles. The van der Waals surface area contributed by atoms with Crippen LogP contribution in [-0.2, 0) is 9.59 Å². The summed E-state index contributed by atoms with van der Waals surface area (Å²) in [6.07, 6.45) is 12.0. The van der Waals surface area contributed by atoms with Gasteiger partial charge in [0.15, 0.2) is 5.78 Å². The van der Waals surface area contributed by atoms with Crippen molar-refractivity contribution in [2.75, 3.05) is 13.1 Å². The highest BCUT2D eigenvalue weighted by Crippen LogP contribution is 2.20. The highest BCUT2D eigenvalue weighted by atomic mass is 16.1. The van der Waals surface area contributed by atoms with E-state index < -0.39 is 0 Å². The van der Waals surface area contributed by atoms with Crippen molar-refractivity contribution in [2.45, 2.75) is 60.3 Å². The van der Waals surface area contributed by atoms with Gasteiger partial charge in [0.05, 0.1) is 11.4 Å². The van der Waals surface area contributed by atoms with Crippen LogP contribution in [-0.4, -0.2) is 29.7 Å². The van der Waals surface area contributed by atoms with E-state index in [4.69, 9.17) is 0 Å². The molecule has 0 bridgehead atoms. The summed E-state index contributed by atoms with van der Waals surface area (Å²) in [4.78, 5) is 26.2. The fourth-order valence-electron chi connectivity index (χ4n) is 2.73. The standard InChI is InChI=1S/C21H32N2O2/c1-6-11-19(20(7-2)23-14-9-8-10-15-23)22-21(25)17(4)13-12-16(3)18(5)24/h7,11-13H,6,8-10,14-15H2,1-5H3,(H,22,25)/b16-12+,17-13+,19-11+,20-7+. The molecule has 1 heterocycles. The van der Waals surface area contributed by atoms with Crippen LogP contribution < -0.4 is 5.32 Å². The molecule has 0 atom stereocenters. The Kier molecular flexibility index (Phi) is 8.96. The normalized spacial score (nSPS) is 17.6. The first-order valence-electron chi connectivity index (χ1n) is 9.20. The molecule has 0 radical (unpaired) electrons. The van der Waals surface area contributed by atoms with Crippen LogP contribution in [0.4, 0.5) is 0 Å². The number of nitrogens with zero attached hydrogens (tertiary/aromatic N) is 1. The maximum absolute atomic E-state index is 12.5. The Hall–Kier alpha value is -2.10. The maximum atomic E-state index is 12.5. The topological polar surface area (TPSA) is 49.4 Å². The van der Waals surface area contributed by atoms with Gasteiger partial charge in [0.2, 0.25) is 0 Å². The fraction of sp³-hybridized carbons (Fsp3) is 0.524. The average Bonchev–Trinajstić information content (AvgIpc) is 2.60. The summed E-state index contributed by atoms with van der Waals surface area (Å²) in [6.45, 7) is 11.2. The Bertz CT molecular complexity index is 603. The molecular formula is C21H32N2O2. The molecule has 1 N–H and O–H groups in total. The molecule has 0 unspecified atom stereocenters. The second-order valence-electron chi connectivity index (χ2n) is 6.46. The number of carbonyl (C=O) groups is 2. The van der Waals surface area contributed by atoms with Gasteiger partial charge in [0, 0.05) is 18.7 Å². The predicted molar refractivity (Wildman–Crippen MR) is 104 cm³/mol. The van der Waals surface area contributed by atoms with Crippen LogP contribution in [0.2, 0.25) is 0 Å². The Labute approximate surface area is 152 Å². The van der Waals surface area contributed by atoms with E-state index in [2.05, 4.69) is 29.3 Å². The molecule has 4 nitrogen and oxygen atoms in total. The summed E-state index contributed by atoms with van der Waals surface area (Å²) in [6, 6.07) is 0. The molecule has 1 rings (SSSR count). The lowest BCUT2D eigenvalue weighted by molar-refractivity contribution is -0.117. The summed E-state index contributed by atoms with van der Waals surface area (Å²) in [5, 5.41) is 3.05. The first-order chi connectivity index (χ1) is 11.9. The van der Waals surface area contributed by atoms with Crippen LogP contribution in [0.25, 0.3) is 0 Å². The summed E-state index contributed by atoms with van der Waals surface area (Å²) >= 11 is 0. The van der Waals surface area contributed by atoms with Crippen molar-refractivity contribution in [1.82, 2.24) is 10.2 Å². The number of ketones is 1. The number of nitrogens with one attached hydrogen (secondary N) is 1. The van der Waals surface area contributed by atoms with Gasteiger partial charge < -0.3 is 10.2 Å². The first-order valence-corrected chi connectivity index (χ1v) is 9.20. The summed E-state index contributed by atoms with van der Waals surface area (Å²) in [5.41, 5.74) is 3.19. The van der Waals surface area contributed by atoms with Crippen molar-refractivity contribution in [3.8, 4) is 0 Å². The van der Waals surface area contributed by atoms with Gasteiger partial charge in [-0.3, -0.25) is 9.59 Å². The van der Waals surface area contributed by atoms with Crippen molar-refractivity contribution in [1.29, 1.82) is 0 Å². The average molecular weight is 344 g/mol. The monoisotopic (exact) mass is 344 g/mol. The third-order valence-corrected chi connectivity index (χ3v) is 4.40. The highest BCUT2D eigenvalue weighted by molar-refractivity contribution is 5.96. The van der Waals surface area contributed by atoms with Crippen molar-refractivity contribution in [3.63, 3.8) is 0 Å². The molecule has 1 amide bonds. The number of allylic oxidation sites excluding steroid dienone is 5. The largest absolute Gasteiger partial charge is 0.370 e. The van der Waals surface area contributed by atoms with E-state index in [1.54, 1.807) is 26.0 Å². The van der Waals surface area contributed by atoms with Gasteiger partial charge in [0.1, 0.15) is 0 Å². The third-order valence-electron chi connectivity index (χ3n) is 4.40. The molecule has 4 heteroatoms. The molecule has 0 aliphatic carbocycles. The van der Waals surface area contributed by atoms with Crippen LogP contribution in [0.5, 0.6) is 0 Å². The van der Waals surface area contributed by atoms with E-state index >= 15 is 0 Å². The Morgan fingerprint density at radius 3 is 2.12 bits per heavy atom. The lowest BCUT2D eigenvalue weighted by atomic mass is 10.1. The minimum absolute atomic E-state index is 0.0114. The predicted octanol–water partition coefficient (Wildman–Crippen LogP) is 4.27. The van der Waals surface area contributed by atoms with E-state index in [-0.39, 0.29) is 11.7 Å². The van der Waals surface area contributed by atoms with Crippen molar-refractivity contribution in [3.05, 3.63) is 46.8 Å². The zero-order chi connectivity index (χ0) is 18.8. The number of hydrogen-bond acceptors (Lipinski definition) is 3. The molecule has 138 valence electrons. The first kappa shape index (κ1) is 20.9. The highest BCUT2D eigenvalue weighted by Gasteiger charge is 2.18. The van der Waals surface area contributed by atoms with E-state index in [0.717, 1.165) is 30.9 Å². The molecule has 1 fully saturated rings. The van der Waals surface area contributed by atoms with Crippen LogP contribution in [0, 0.1) is 0 Å². The number of rotatable bonds is 7. The van der Waals surface area contributed by atoms with E-state index in [1.165, 1.54) is 26.2 Å². The summed E-state index contributed by atoms with van der Waals surface area (Å²) < 4.78 is 0. The maximum Gasteiger partial charge on any atom is 0.251 e. The number of likely N-dealkylation sites (tertiary alicyclic amines) is 1. The molecule has 0 spiro atoms. The zero-order valence-corrected chi connectivity index (χ0v) is 16.3. The molecular weight excluding hydrogens is 312 g/mol. The second-order valence-corrected chi connectivity index (χ2v) is 6.46. The van der Waals surface area contributed by atoms with Gasteiger partial charge in [-0.15, -0.1) is 0 Å². The lowest BCUT2D eigenvalue weighted by Gasteiger charge is -2.32. The third kappa shape index (κ3) is 6.73. The molecule has 0 saturated carbocycles. The molecule has 0 aromatic heterocycles. The van der Waals surface area contributed by atoms with Gasteiger partial charge in [-0.25, -0.2) is 0 Å². The summed E-state index contributed by atoms with van der Waals surface area (Å²) in [5.74, 6) is -0.124. The van der Waals surface area contributed by atoms with Crippen LogP contribution >= 0.6 is 0 Å². The number of carbonyl (C=O) groups excluding carboxylic acids is 2. The molecule has 1 saturated heterocycles.